The lowest BCUT2D eigenvalue weighted by Gasteiger charge is -2.21. The van der Waals surface area contributed by atoms with Crippen LogP contribution in [0.15, 0.2) is 0 Å². The third kappa shape index (κ3) is 10.8. The maximum Gasteiger partial charge on any atom is 0.246 e. The van der Waals surface area contributed by atoms with Crippen LogP contribution < -0.4 is 10.4 Å². The van der Waals surface area contributed by atoms with Crippen molar-refractivity contribution in [3.05, 3.63) is 0 Å². The fraction of sp³-hybridized carbons (Fsp3) is 0.955. The number of amides is 1. The van der Waals surface area contributed by atoms with E-state index in [2.05, 4.69) is 19.8 Å². The predicted molar refractivity (Wildman–Crippen MR) is 117 cm³/mol. The molecule has 2 aliphatic carbocycles. The third-order valence-electron chi connectivity index (χ3n) is 6.31. The first-order chi connectivity index (χ1) is 13.3. The lowest BCUT2D eigenvalue weighted by atomic mass is 10.0. The second-order valence-corrected chi connectivity index (χ2v) is 9.02. The van der Waals surface area contributed by atoms with Crippen molar-refractivity contribution in [2.45, 2.75) is 127 Å². The minimum atomic E-state index is 0.0965. The Morgan fingerprint density at radius 3 is 1.74 bits per heavy atom. The van der Waals surface area contributed by atoms with Crippen molar-refractivity contribution < 1.29 is 9.53 Å². The van der Waals surface area contributed by atoms with Gasteiger partial charge in [-0.3, -0.25) is 9.88 Å². The lowest BCUT2D eigenvalue weighted by Crippen LogP contribution is -2.38. The normalized spacial score (nSPS) is 27.6. The molecule has 2 rings (SSSR count). The van der Waals surface area contributed by atoms with Gasteiger partial charge in [0, 0.05) is 12.1 Å². The van der Waals surface area contributed by atoms with Gasteiger partial charge < -0.3 is 10.1 Å². The average Bonchev–Trinajstić information content (AvgIpc) is 2.77. The summed E-state index contributed by atoms with van der Waals surface area (Å²) in [5.74, 6) is 0.0965. The van der Waals surface area contributed by atoms with Crippen molar-refractivity contribution in [2.24, 2.45) is 0 Å². The van der Waals surface area contributed by atoms with Crippen LogP contribution in [0.3, 0.4) is 0 Å². The van der Waals surface area contributed by atoms with Gasteiger partial charge in [-0.2, -0.15) is 0 Å². The van der Waals surface area contributed by atoms with Crippen molar-refractivity contribution in [3.8, 4) is 0 Å². The zero-order valence-electron chi connectivity index (χ0n) is 17.4. The van der Waals surface area contributed by atoms with Crippen LogP contribution in [-0.2, 0) is 9.53 Å². The van der Waals surface area contributed by atoms with Gasteiger partial charge in [0.15, 0.2) is 0 Å². The molecule has 3 atom stereocenters. The van der Waals surface area contributed by atoms with E-state index in [-0.39, 0.29) is 18.6 Å². The number of hydrogen-bond donors (Lipinski definition) is 2. The van der Waals surface area contributed by atoms with Gasteiger partial charge in [0.2, 0.25) is 5.91 Å². The lowest BCUT2D eigenvalue weighted by molar-refractivity contribution is -0.128. The molecule has 2 aliphatic rings. The van der Waals surface area contributed by atoms with Crippen molar-refractivity contribution in [2.75, 3.05) is 6.61 Å². The van der Waals surface area contributed by atoms with Crippen LogP contribution in [0.25, 0.3) is 0 Å². The summed E-state index contributed by atoms with van der Waals surface area (Å²) in [4.78, 5) is 12.4. The molecule has 1 amide bonds. The Balaban J connectivity index is 1.68. The Labute approximate surface area is 169 Å². The molecule has 4 nitrogen and oxygen atoms in total. The van der Waals surface area contributed by atoms with Crippen LogP contribution in [0.5, 0.6) is 0 Å². The first kappa shape index (κ1) is 23.1. The molecule has 0 aliphatic heterocycles. The smallest absolute Gasteiger partial charge is 0.246 e. The highest BCUT2D eigenvalue weighted by molar-refractivity contribution is 7.13. The minimum absolute atomic E-state index is 0.0965. The highest BCUT2D eigenvalue weighted by Crippen LogP contribution is 2.20. The molecule has 0 aromatic heterocycles. The Bertz CT molecular complexity index is 385. The van der Waals surface area contributed by atoms with Crippen LogP contribution in [0, 0.1) is 0 Å². The molecule has 27 heavy (non-hydrogen) atoms. The number of nitrogens with one attached hydrogen (secondary N) is 2. The molecular formula is C22H43N2O2P. The van der Waals surface area contributed by atoms with Gasteiger partial charge in [-0.15, -0.1) is 0 Å². The van der Waals surface area contributed by atoms with Gasteiger partial charge in [0.05, 0.1) is 6.10 Å². The van der Waals surface area contributed by atoms with E-state index in [1.54, 1.807) is 0 Å². The quantitative estimate of drug-likeness (QED) is 0.621. The highest BCUT2D eigenvalue weighted by Gasteiger charge is 2.17. The average molecular weight is 399 g/mol. The van der Waals surface area contributed by atoms with E-state index >= 15 is 0 Å². The topological polar surface area (TPSA) is 50.4 Å². The van der Waals surface area contributed by atoms with E-state index in [0.29, 0.717) is 12.1 Å². The zero-order chi connectivity index (χ0) is 19.2. The molecule has 0 saturated heterocycles. The maximum atomic E-state index is 12.4. The van der Waals surface area contributed by atoms with Gasteiger partial charge >= 0.3 is 0 Å². The molecule has 158 valence electrons. The molecule has 3 unspecified atom stereocenters. The SMILES string of the molecule is O=C(COC1CCCCCCCC1)NC1CCCCCC(NP)CCCC1. The number of rotatable bonds is 5. The van der Waals surface area contributed by atoms with Crippen molar-refractivity contribution in [1.82, 2.24) is 10.4 Å². The van der Waals surface area contributed by atoms with E-state index in [0.717, 1.165) is 25.7 Å². The second kappa shape index (κ2) is 14.8. The largest absolute Gasteiger partial charge is 0.368 e. The third-order valence-corrected chi connectivity index (χ3v) is 6.78. The summed E-state index contributed by atoms with van der Waals surface area (Å²) in [5, 5.41) is 6.65. The molecule has 0 aromatic rings. The first-order valence-corrected chi connectivity index (χ1v) is 12.2. The predicted octanol–water partition coefficient (Wildman–Crippen LogP) is 5.26. The fourth-order valence-corrected chi connectivity index (χ4v) is 4.90. The summed E-state index contributed by atoms with van der Waals surface area (Å²) in [6, 6.07) is 0.977. The molecule has 2 fully saturated rings. The standard InChI is InChI=1S/C22H43N2O2P/c25-22(18-26-21-16-8-3-1-2-4-9-17-21)23-19-12-6-5-7-14-20(24-27)15-11-10-13-19/h19-21,24H,1-18,27H2,(H,23,25). The molecule has 5 heteroatoms. The van der Waals surface area contributed by atoms with Gasteiger partial charge in [0.1, 0.15) is 6.61 Å². The molecule has 0 spiro atoms. The van der Waals surface area contributed by atoms with Crippen LogP contribution in [0.4, 0.5) is 0 Å². The highest BCUT2D eigenvalue weighted by atomic mass is 31.0. The van der Waals surface area contributed by atoms with Gasteiger partial charge in [-0.05, 0) is 38.5 Å². The van der Waals surface area contributed by atoms with Crippen LogP contribution >= 0.6 is 9.39 Å². The Hall–Kier alpha value is -0.180. The molecular weight excluding hydrogens is 355 g/mol. The second-order valence-electron chi connectivity index (χ2n) is 8.68. The van der Waals surface area contributed by atoms with E-state index in [1.807, 2.05) is 0 Å². The first-order valence-electron chi connectivity index (χ1n) is 11.6. The molecule has 0 aromatic carbocycles. The Morgan fingerprint density at radius 2 is 1.15 bits per heavy atom. The molecule has 0 bridgehead atoms. The van der Waals surface area contributed by atoms with Crippen LogP contribution in [0.2, 0.25) is 0 Å². The van der Waals surface area contributed by atoms with E-state index < -0.39 is 0 Å². The Morgan fingerprint density at radius 1 is 0.704 bits per heavy atom. The summed E-state index contributed by atoms with van der Waals surface area (Å²) in [5.41, 5.74) is 0. The number of hydrogen-bond acceptors (Lipinski definition) is 3. The summed E-state index contributed by atoms with van der Waals surface area (Å²) < 4.78 is 6.00. The zero-order valence-corrected chi connectivity index (χ0v) is 18.5. The van der Waals surface area contributed by atoms with Gasteiger partial charge in [-0.25, -0.2) is 0 Å². The number of carbonyl (C=O) groups is 1. The fourth-order valence-electron chi connectivity index (χ4n) is 4.56. The summed E-state index contributed by atoms with van der Waals surface area (Å²) in [6.07, 6.45) is 21.4. The van der Waals surface area contributed by atoms with E-state index in [4.69, 9.17) is 4.74 Å². The number of carbonyl (C=O) groups excluding carboxylic acids is 1. The summed E-state index contributed by atoms with van der Waals surface area (Å²) in [6.45, 7) is 0.250. The van der Waals surface area contributed by atoms with Crippen molar-refractivity contribution in [3.63, 3.8) is 0 Å². The van der Waals surface area contributed by atoms with Gasteiger partial charge in [0.25, 0.3) is 0 Å². The molecule has 2 N–H and O–H groups in total. The Kier molecular flexibility index (Phi) is 12.6. The molecule has 2 saturated carbocycles. The molecule has 0 radical (unpaired) electrons. The minimum Gasteiger partial charge on any atom is -0.368 e. The van der Waals surface area contributed by atoms with E-state index in [1.165, 1.54) is 83.5 Å². The monoisotopic (exact) mass is 398 g/mol. The summed E-state index contributed by atoms with van der Waals surface area (Å²) >= 11 is 0. The van der Waals surface area contributed by atoms with E-state index in [9.17, 15) is 4.79 Å². The van der Waals surface area contributed by atoms with Crippen molar-refractivity contribution in [1.29, 1.82) is 0 Å². The van der Waals surface area contributed by atoms with Crippen LogP contribution in [-0.4, -0.2) is 30.7 Å². The number of ether oxygens (including phenoxy) is 1. The maximum absolute atomic E-state index is 12.4. The summed E-state index contributed by atoms with van der Waals surface area (Å²) in [7, 11) is 2.68. The van der Waals surface area contributed by atoms with Gasteiger partial charge in [-0.1, -0.05) is 80.0 Å². The van der Waals surface area contributed by atoms with Crippen molar-refractivity contribution >= 4 is 15.3 Å². The van der Waals surface area contributed by atoms with Crippen LogP contribution in [0.1, 0.15) is 109 Å². The molecule has 0 heterocycles.